The first kappa shape index (κ1) is 13.0. The molecule has 1 aromatic heterocycles. The smallest absolute Gasteiger partial charge is 0.0543 e. The van der Waals surface area contributed by atoms with Gasteiger partial charge >= 0.3 is 0 Å². The molecular formula is C13H23N3. The minimum atomic E-state index is 0.723. The monoisotopic (exact) mass is 221 g/mol. The van der Waals surface area contributed by atoms with E-state index in [-0.39, 0.29) is 0 Å². The van der Waals surface area contributed by atoms with E-state index in [9.17, 15) is 0 Å². The van der Waals surface area contributed by atoms with Gasteiger partial charge in [-0.3, -0.25) is 4.98 Å². The van der Waals surface area contributed by atoms with E-state index in [1.54, 1.807) is 6.20 Å². The van der Waals surface area contributed by atoms with E-state index in [1.807, 2.05) is 12.1 Å². The Hall–Kier alpha value is -1.09. The van der Waals surface area contributed by atoms with Crippen molar-refractivity contribution in [3.8, 4) is 0 Å². The number of hydrogen-bond acceptors (Lipinski definition) is 3. The maximum atomic E-state index is 5.57. The third-order valence-corrected chi connectivity index (χ3v) is 3.04. The van der Waals surface area contributed by atoms with Gasteiger partial charge in [-0.2, -0.15) is 0 Å². The molecule has 0 fully saturated rings. The zero-order valence-electron chi connectivity index (χ0n) is 10.4. The first-order valence-corrected chi connectivity index (χ1v) is 6.17. The Morgan fingerprint density at radius 2 is 2.06 bits per heavy atom. The van der Waals surface area contributed by atoms with Crippen molar-refractivity contribution in [3.63, 3.8) is 0 Å². The highest BCUT2D eigenvalue weighted by Gasteiger charge is 2.02. The minimum absolute atomic E-state index is 0.723. The Morgan fingerprint density at radius 1 is 1.31 bits per heavy atom. The lowest BCUT2D eigenvalue weighted by Gasteiger charge is -2.12. The van der Waals surface area contributed by atoms with Crippen LogP contribution in [-0.4, -0.2) is 11.5 Å². The lowest BCUT2D eigenvalue weighted by atomic mass is 10.00. The fourth-order valence-electron chi connectivity index (χ4n) is 1.76. The molecule has 1 rings (SSSR count). The van der Waals surface area contributed by atoms with Crippen LogP contribution in [0.2, 0.25) is 0 Å². The Morgan fingerprint density at radius 3 is 2.62 bits per heavy atom. The van der Waals surface area contributed by atoms with Gasteiger partial charge in [0.1, 0.15) is 0 Å². The predicted octanol–water partition coefficient (Wildman–Crippen LogP) is 2.58. The number of nitrogens with zero attached hydrogens (tertiary/aromatic N) is 1. The highest BCUT2D eigenvalue weighted by atomic mass is 14.9. The van der Waals surface area contributed by atoms with E-state index in [0.29, 0.717) is 0 Å². The summed E-state index contributed by atoms with van der Waals surface area (Å²) < 4.78 is 0. The van der Waals surface area contributed by atoms with Gasteiger partial charge in [0.15, 0.2) is 0 Å². The van der Waals surface area contributed by atoms with Crippen LogP contribution in [0.1, 0.15) is 38.8 Å². The molecule has 0 atom stereocenters. The maximum Gasteiger partial charge on any atom is 0.0543 e. The van der Waals surface area contributed by atoms with E-state index in [0.717, 1.165) is 30.4 Å². The Kier molecular flexibility index (Phi) is 5.86. The van der Waals surface area contributed by atoms with Crippen LogP contribution in [0.4, 0.5) is 5.69 Å². The Labute approximate surface area is 98.5 Å². The van der Waals surface area contributed by atoms with Gasteiger partial charge in [0, 0.05) is 6.54 Å². The molecule has 0 spiro atoms. The average molecular weight is 221 g/mol. The van der Waals surface area contributed by atoms with Crippen molar-refractivity contribution in [2.75, 3.05) is 12.3 Å². The zero-order chi connectivity index (χ0) is 11.8. The summed E-state index contributed by atoms with van der Waals surface area (Å²) in [6, 6.07) is 3.87. The van der Waals surface area contributed by atoms with E-state index < -0.39 is 0 Å². The molecule has 0 saturated heterocycles. The zero-order valence-corrected chi connectivity index (χ0v) is 10.4. The largest absolute Gasteiger partial charge is 0.397 e. The van der Waals surface area contributed by atoms with Crippen molar-refractivity contribution in [1.29, 1.82) is 0 Å². The van der Waals surface area contributed by atoms with E-state index in [4.69, 9.17) is 5.73 Å². The molecule has 0 amide bonds. The van der Waals surface area contributed by atoms with Gasteiger partial charge in [-0.15, -0.1) is 0 Å². The van der Waals surface area contributed by atoms with Gasteiger partial charge in [-0.1, -0.05) is 26.7 Å². The second-order valence-electron chi connectivity index (χ2n) is 4.23. The number of hydrogen-bond donors (Lipinski definition) is 2. The second-order valence-corrected chi connectivity index (χ2v) is 4.23. The van der Waals surface area contributed by atoms with Crippen LogP contribution in [0.5, 0.6) is 0 Å². The molecule has 16 heavy (non-hydrogen) atoms. The molecule has 3 heteroatoms. The molecule has 90 valence electrons. The van der Waals surface area contributed by atoms with E-state index in [2.05, 4.69) is 24.1 Å². The van der Waals surface area contributed by atoms with Gasteiger partial charge in [0.05, 0.1) is 17.6 Å². The summed E-state index contributed by atoms with van der Waals surface area (Å²) in [5.74, 6) is 0.854. The highest BCUT2D eigenvalue weighted by Crippen LogP contribution is 2.11. The number of nitrogens with one attached hydrogen (secondary N) is 1. The predicted molar refractivity (Wildman–Crippen MR) is 69.0 cm³/mol. The summed E-state index contributed by atoms with van der Waals surface area (Å²) in [7, 11) is 0. The number of rotatable bonds is 7. The number of anilines is 1. The lowest BCUT2D eigenvalue weighted by molar-refractivity contribution is 0.438. The number of nitrogen functional groups attached to an aromatic ring is 1. The van der Waals surface area contributed by atoms with Gasteiger partial charge in [0.25, 0.3) is 0 Å². The van der Waals surface area contributed by atoms with Gasteiger partial charge < -0.3 is 11.1 Å². The van der Waals surface area contributed by atoms with Crippen LogP contribution in [-0.2, 0) is 6.54 Å². The van der Waals surface area contributed by atoms with Crippen molar-refractivity contribution >= 4 is 5.69 Å². The van der Waals surface area contributed by atoms with Crippen LogP contribution in [0, 0.1) is 5.92 Å². The van der Waals surface area contributed by atoms with Gasteiger partial charge in [0.2, 0.25) is 0 Å². The van der Waals surface area contributed by atoms with Gasteiger partial charge in [-0.25, -0.2) is 0 Å². The summed E-state index contributed by atoms with van der Waals surface area (Å²) >= 11 is 0. The molecule has 3 nitrogen and oxygen atoms in total. The topological polar surface area (TPSA) is 50.9 Å². The van der Waals surface area contributed by atoms with Crippen LogP contribution < -0.4 is 11.1 Å². The molecule has 3 N–H and O–H groups in total. The van der Waals surface area contributed by atoms with Crippen LogP contribution >= 0.6 is 0 Å². The Balaban J connectivity index is 2.18. The standard InChI is InChI=1S/C13H23N3/c1-3-11(4-2)7-8-15-10-13-6-5-12(14)9-16-13/h5-6,9,11,15H,3-4,7-8,10,14H2,1-2H3. The maximum absolute atomic E-state index is 5.57. The first-order chi connectivity index (χ1) is 7.76. The molecule has 0 saturated carbocycles. The molecule has 0 radical (unpaired) electrons. The summed E-state index contributed by atoms with van der Waals surface area (Å²) in [4.78, 5) is 4.25. The Bertz CT molecular complexity index is 278. The SMILES string of the molecule is CCC(CC)CCNCc1ccc(N)cn1. The van der Waals surface area contributed by atoms with Crippen molar-refractivity contribution < 1.29 is 0 Å². The molecule has 0 aromatic carbocycles. The van der Waals surface area contributed by atoms with E-state index in [1.165, 1.54) is 19.3 Å². The summed E-state index contributed by atoms with van der Waals surface area (Å²) in [5.41, 5.74) is 7.35. The summed E-state index contributed by atoms with van der Waals surface area (Å²) in [6.07, 6.45) is 5.51. The summed E-state index contributed by atoms with van der Waals surface area (Å²) in [6.45, 7) is 6.42. The molecule has 0 aliphatic carbocycles. The highest BCUT2D eigenvalue weighted by molar-refractivity contribution is 5.34. The molecule has 0 unspecified atom stereocenters. The molecule has 1 heterocycles. The fourth-order valence-corrected chi connectivity index (χ4v) is 1.76. The average Bonchev–Trinajstić information content (AvgIpc) is 2.32. The number of nitrogens with two attached hydrogens (primary N) is 1. The summed E-state index contributed by atoms with van der Waals surface area (Å²) in [5, 5.41) is 3.42. The van der Waals surface area contributed by atoms with Crippen molar-refractivity contribution in [2.24, 2.45) is 5.92 Å². The van der Waals surface area contributed by atoms with Crippen molar-refractivity contribution in [1.82, 2.24) is 10.3 Å². The number of aromatic nitrogens is 1. The molecule has 0 aliphatic heterocycles. The van der Waals surface area contributed by atoms with Crippen LogP contribution in [0.25, 0.3) is 0 Å². The first-order valence-electron chi connectivity index (χ1n) is 6.17. The van der Waals surface area contributed by atoms with Crippen LogP contribution in [0.15, 0.2) is 18.3 Å². The molecular weight excluding hydrogens is 198 g/mol. The fraction of sp³-hybridized carbons (Fsp3) is 0.615. The van der Waals surface area contributed by atoms with Crippen LogP contribution in [0.3, 0.4) is 0 Å². The quantitative estimate of drug-likeness (QED) is 0.696. The molecule has 0 aliphatic rings. The third kappa shape index (κ3) is 4.62. The third-order valence-electron chi connectivity index (χ3n) is 3.04. The van der Waals surface area contributed by atoms with Gasteiger partial charge in [-0.05, 0) is 31.0 Å². The molecule has 0 bridgehead atoms. The minimum Gasteiger partial charge on any atom is -0.397 e. The van der Waals surface area contributed by atoms with Crippen molar-refractivity contribution in [2.45, 2.75) is 39.7 Å². The molecule has 1 aromatic rings. The van der Waals surface area contributed by atoms with Crippen molar-refractivity contribution in [3.05, 3.63) is 24.0 Å². The number of pyridine rings is 1. The van der Waals surface area contributed by atoms with E-state index >= 15 is 0 Å². The lowest BCUT2D eigenvalue weighted by Crippen LogP contribution is -2.18. The second kappa shape index (κ2) is 7.23. The normalized spacial score (nSPS) is 10.9.